The summed E-state index contributed by atoms with van der Waals surface area (Å²) in [5.41, 5.74) is 0.311. The van der Waals surface area contributed by atoms with E-state index in [1.54, 1.807) is 0 Å². The highest BCUT2D eigenvalue weighted by Gasteiger charge is 2.39. The predicted octanol–water partition coefficient (Wildman–Crippen LogP) is 8.59. The van der Waals surface area contributed by atoms with Crippen molar-refractivity contribution in [3.63, 3.8) is 0 Å². The van der Waals surface area contributed by atoms with E-state index in [9.17, 15) is 13.6 Å². The van der Waals surface area contributed by atoms with Crippen LogP contribution in [0.5, 0.6) is 5.75 Å². The van der Waals surface area contributed by atoms with Crippen molar-refractivity contribution in [2.75, 3.05) is 0 Å². The Bertz CT molecular complexity index is 913. The lowest BCUT2D eigenvalue weighted by molar-refractivity contribution is -0.140. The van der Waals surface area contributed by atoms with Gasteiger partial charge in [0, 0.05) is 0 Å². The molecule has 4 rings (SSSR count). The second-order valence-corrected chi connectivity index (χ2v) is 11.2. The zero-order valence-electron chi connectivity index (χ0n) is 21.5. The van der Waals surface area contributed by atoms with E-state index in [-0.39, 0.29) is 11.7 Å². The molecule has 0 amide bonds. The Morgan fingerprint density at radius 1 is 0.857 bits per heavy atom. The van der Waals surface area contributed by atoms with Gasteiger partial charge in [0.2, 0.25) is 5.82 Å². The summed E-state index contributed by atoms with van der Waals surface area (Å²) < 4.78 is 34.3. The van der Waals surface area contributed by atoms with Crippen molar-refractivity contribution >= 4 is 5.97 Å². The van der Waals surface area contributed by atoms with Crippen molar-refractivity contribution in [2.24, 2.45) is 35.5 Å². The van der Waals surface area contributed by atoms with Gasteiger partial charge in [-0.05, 0) is 132 Å². The van der Waals surface area contributed by atoms with Gasteiger partial charge in [-0.1, -0.05) is 30.4 Å². The van der Waals surface area contributed by atoms with E-state index < -0.39 is 17.6 Å². The summed E-state index contributed by atoms with van der Waals surface area (Å²) in [6.45, 7) is 4.03. The lowest BCUT2D eigenvalue weighted by Gasteiger charge is -2.45. The Hall–Kier alpha value is -1.97. The molecule has 0 spiro atoms. The molecule has 192 valence electrons. The standard InChI is InChI=1S/C31H42F2O2/c1-3-5-6-8-23-17-18-28(30(33)29(23)32)35-31(34)24-13-11-22(12-14-24)26-16-15-25-19-21(7-4-2)9-10-27(25)20-26/h3-5,7,17-18,21-22,24-27H,6,8-16,19-20H2,1-2H3/b5-3+,7-4+. The van der Waals surface area contributed by atoms with Gasteiger partial charge in [-0.2, -0.15) is 4.39 Å². The van der Waals surface area contributed by atoms with Crippen molar-refractivity contribution in [3.8, 4) is 5.75 Å². The Morgan fingerprint density at radius 2 is 1.51 bits per heavy atom. The molecule has 4 heteroatoms. The molecular formula is C31H42F2O2. The molecule has 1 aromatic rings. The first kappa shape index (κ1) is 26.1. The van der Waals surface area contributed by atoms with Gasteiger partial charge in [0.15, 0.2) is 11.6 Å². The Labute approximate surface area is 210 Å². The number of aryl methyl sites for hydroxylation is 1. The first-order chi connectivity index (χ1) is 17.0. The van der Waals surface area contributed by atoms with Gasteiger partial charge >= 0.3 is 5.97 Å². The van der Waals surface area contributed by atoms with Crippen molar-refractivity contribution in [1.82, 2.24) is 0 Å². The fraction of sp³-hybridized carbons (Fsp3) is 0.645. The quantitative estimate of drug-likeness (QED) is 0.220. The van der Waals surface area contributed by atoms with Crippen LogP contribution < -0.4 is 4.74 Å². The number of rotatable bonds is 7. The molecule has 0 N–H and O–H groups in total. The van der Waals surface area contributed by atoms with Crippen molar-refractivity contribution in [3.05, 3.63) is 53.6 Å². The Kier molecular flexibility index (Phi) is 9.19. The molecule has 3 fully saturated rings. The van der Waals surface area contributed by atoms with Crippen LogP contribution in [0, 0.1) is 47.1 Å². The number of carbonyl (C=O) groups is 1. The molecule has 0 bridgehead atoms. The molecule has 4 unspecified atom stereocenters. The van der Waals surface area contributed by atoms with Gasteiger partial charge in [0.05, 0.1) is 5.92 Å². The van der Waals surface area contributed by atoms with E-state index in [1.165, 1.54) is 50.7 Å². The molecule has 0 heterocycles. The van der Waals surface area contributed by atoms with Gasteiger partial charge in [-0.25, -0.2) is 4.39 Å². The molecular weight excluding hydrogens is 442 g/mol. The third-order valence-electron chi connectivity index (χ3n) is 9.08. The zero-order chi connectivity index (χ0) is 24.8. The second-order valence-electron chi connectivity index (χ2n) is 11.2. The lowest BCUT2D eigenvalue weighted by atomic mass is 9.61. The maximum absolute atomic E-state index is 14.5. The molecule has 0 saturated heterocycles. The summed E-state index contributed by atoms with van der Waals surface area (Å²) in [6, 6.07) is 2.93. The third-order valence-corrected chi connectivity index (χ3v) is 9.08. The SMILES string of the molecule is C/C=C/CCc1ccc(OC(=O)C2CCC(C3CCC4CC(/C=C/C)CCC4C3)CC2)c(F)c1F. The van der Waals surface area contributed by atoms with E-state index in [0.29, 0.717) is 24.3 Å². The summed E-state index contributed by atoms with van der Waals surface area (Å²) in [5, 5.41) is 0. The monoisotopic (exact) mass is 484 g/mol. The summed E-state index contributed by atoms with van der Waals surface area (Å²) >= 11 is 0. The number of halogens is 2. The smallest absolute Gasteiger partial charge is 0.314 e. The van der Waals surface area contributed by atoms with Crippen LogP contribution in [0.15, 0.2) is 36.4 Å². The summed E-state index contributed by atoms with van der Waals surface area (Å²) in [4.78, 5) is 12.8. The number of carbonyl (C=O) groups excluding carboxylic acids is 1. The molecule has 2 nitrogen and oxygen atoms in total. The fourth-order valence-electron chi connectivity index (χ4n) is 7.10. The number of allylic oxidation sites excluding steroid dienone is 4. The first-order valence-electron chi connectivity index (χ1n) is 13.9. The van der Waals surface area contributed by atoms with Crippen LogP contribution in [-0.2, 0) is 11.2 Å². The molecule has 0 aromatic heterocycles. The summed E-state index contributed by atoms with van der Waals surface area (Å²) in [6.07, 6.45) is 21.3. The minimum atomic E-state index is -1.05. The molecule has 0 aliphatic heterocycles. The normalized spacial score (nSPS) is 31.5. The highest BCUT2D eigenvalue weighted by atomic mass is 19.2. The van der Waals surface area contributed by atoms with Gasteiger partial charge in [-0.15, -0.1) is 0 Å². The number of fused-ring (bicyclic) bond motifs is 1. The molecule has 3 aliphatic rings. The van der Waals surface area contributed by atoms with Crippen molar-refractivity contribution in [2.45, 2.75) is 90.9 Å². The number of benzene rings is 1. The van der Waals surface area contributed by atoms with Gasteiger partial charge in [-0.3, -0.25) is 4.79 Å². The van der Waals surface area contributed by atoms with Crippen LogP contribution >= 0.6 is 0 Å². The highest BCUT2D eigenvalue weighted by Crippen LogP contribution is 2.49. The van der Waals surface area contributed by atoms with E-state index in [4.69, 9.17) is 4.74 Å². The van der Waals surface area contributed by atoms with Gasteiger partial charge in [0.25, 0.3) is 0 Å². The average molecular weight is 485 g/mol. The highest BCUT2D eigenvalue weighted by molar-refractivity contribution is 5.75. The van der Waals surface area contributed by atoms with Crippen molar-refractivity contribution < 1.29 is 18.3 Å². The summed E-state index contributed by atoms with van der Waals surface area (Å²) in [7, 11) is 0. The third kappa shape index (κ3) is 6.43. The zero-order valence-corrected chi connectivity index (χ0v) is 21.5. The average Bonchev–Trinajstić information content (AvgIpc) is 2.88. The van der Waals surface area contributed by atoms with Gasteiger partial charge in [0.1, 0.15) is 0 Å². The Balaban J connectivity index is 1.25. The number of hydrogen-bond acceptors (Lipinski definition) is 2. The fourth-order valence-corrected chi connectivity index (χ4v) is 7.10. The molecule has 3 aliphatic carbocycles. The predicted molar refractivity (Wildman–Crippen MR) is 137 cm³/mol. The molecule has 35 heavy (non-hydrogen) atoms. The maximum atomic E-state index is 14.5. The van der Waals surface area contributed by atoms with Crippen LogP contribution in [0.1, 0.15) is 90.0 Å². The van der Waals surface area contributed by atoms with Crippen LogP contribution in [0.25, 0.3) is 0 Å². The number of hydrogen-bond donors (Lipinski definition) is 0. The Morgan fingerprint density at radius 3 is 2.23 bits per heavy atom. The van der Waals surface area contributed by atoms with Crippen molar-refractivity contribution in [1.29, 1.82) is 0 Å². The number of ether oxygens (including phenoxy) is 1. The molecule has 4 atom stereocenters. The lowest BCUT2D eigenvalue weighted by Crippen LogP contribution is -2.35. The molecule has 0 radical (unpaired) electrons. The molecule has 1 aromatic carbocycles. The topological polar surface area (TPSA) is 26.3 Å². The number of esters is 1. The van der Waals surface area contributed by atoms with Crippen LogP contribution in [0.3, 0.4) is 0 Å². The van der Waals surface area contributed by atoms with E-state index >= 15 is 0 Å². The first-order valence-corrected chi connectivity index (χ1v) is 13.9. The maximum Gasteiger partial charge on any atom is 0.314 e. The van der Waals surface area contributed by atoms with E-state index in [2.05, 4.69) is 19.1 Å². The van der Waals surface area contributed by atoms with E-state index in [1.807, 2.05) is 19.1 Å². The van der Waals surface area contributed by atoms with E-state index in [0.717, 1.165) is 49.4 Å². The van der Waals surface area contributed by atoms with Gasteiger partial charge < -0.3 is 4.74 Å². The largest absolute Gasteiger partial charge is 0.423 e. The molecule has 3 saturated carbocycles. The minimum absolute atomic E-state index is 0.212. The second kappa shape index (κ2) is 12.3. The summed E-state index contributed by atoms with van der Waals surface area (Å²) in [5.74, 6) is 1.19. The van der Waals surface area contributed by atoms with Crippen LogP contribution in [-0.4, -0.2) is 5.97 Å². The van der Waals surface area contributed by atoms with Crippen LogP contribution in [0.4, 0.5) is 8.78 Å². The minimum Gasteiger partial charge on any atom is -0.423 e. The van der Waals surface area contributed by atoms with Crippen LogP contribution in [0.2, 0.25) is 0 Å².